The SMILES string of the molecule is CC[C@H]1CNc2c1cccc2[N+](=O)[O-]. The Hall–Kier alpha value is -1.58. The maximum absolute atomic E-state index is 10.7. The van der Waals surface area contributed by atoms with E-state index in [0.717, 1.165) is 18.5 Å². The topological polar surface area (TPSA) is 55.2 Å². The van der Waals surface area contributed by atoms with Crippen LogP contribution in [0.2, 0.25) is 0 Å². The zero-order valence-electron chi connectivity index (χ0n) is 7.99. The highest BCUT2D eigenvalue weighted by Crippen LogP contribution is 2.39. The van der Waals surface area contributed by atoms with Crippen molar-refractivity contribution in [2.45, 2.75) is 19.3 Å². The van der Waals surface area contributed by atoms with Crippen LogP contribution in [0.25, 0.3) is 0 Å². The smallest absolute Gasteiger partial charge is 0.292 e. The first-order valence-corrected chi connectivity index (χ1v) is 4.75. The largest absolute Gasteiger partial charge is 0.379 e. The van der Waals surface area contributed by atoms with Crippen molar-refractivity contribution in [3.8, 4) is 0 Å². The van der Waals surface area contributed by atoms with Gasteiger partial charge < -0.3 is 5.32 Å². The molecular weight excluding hydrogens is 180 g/mol. The minimum absolute atomic E-state index is 0.193. The number of hydrogen-bond donors (Lipinski definition) is 1. The first kappa shape index (κ1) is 8.99. The quantitative estimate of drug-likeness (QED) is 0.578. The highest BCUT2D eigenvalue weighted by atomic mass is 16.6. The molecule has 4 nitrogen and oxygen atoms in total. The molecule has 0 radical (unpaired) electrons. The van der Waals surface area contributed by atoms with Crippen LogP contribution in [0.4, 0.5) is 11.4 Å². The van der Waals surface area contributed by atoms with Crippen molar-refractivity contribution in [2.75, 3.05) is 11.9 Å². The molecule has 0 aliphatic carbocycles. The molecule has 0 amide bonds. The average molecular weight is 192 g/mol. The summed E-state index contributed by atoms with van der Waals surface area (Å²) in [7, 11) is 0. The van der Waals surface area contributed by atoms with Crippen LogP contribution in [-0.2, 0) is 0 Å². The minimum atomic E-state index is -0.329. The van der Waals surface area contributed by atoms with Gasteiger partial charge in [0.05, 0.1) is 4.92 Å². The highest BCUT2D eigenvalue weighted by Gasteiger charge is 2.27. The number of hydrogen-bond acceptors (Lipinski definition) is 3. The zero-order chi connectivity index (χ0) is 10.1. The fourth-order valence-corrected chi connectivity index (χ4v) is 1.94. The maximum Gasteiger partial charge on any atom is 0.292 e. The summed E-state index contributed by atoms with van der Waals surface area (Å²) in [4.78, 5) is 10.4. The number of nitrogens with zero attached hydrogens (tertiary/aromatic N) is 1. The monoisotopic (exact) mass is 192 g/mol. The molecule has 1 aliphatic rings. The van der Waals surface area contributed by atoms with E-state index in [1.54, 1.807) is 12.1 Å². The summed E-state index contributed by atoms with van der Waals surface area (Å²) in [6.07, 6.45) is 1.02. The van der Waals surface area contributed by atoms with Gasteiger partial charge in [0.1, 0.15) is 5.69 Å². The van der Waals surface area contributed by atoms with E-state index in [-0.39, 0.29) is 10.6 Å². The van der Waals surface area contributed by atoms with E-state index in [1.807, 2.05) is 6.07 Å². The number of benzene rings is 1. The summed E-state index contributed by atoms with van der Waals surface area (Å²) >= 11 is 0. The van der Waals surface area contributed by atoms with E-state index in [4.69, 9.17) is 0 Å². The fourth-order valence-electron chi connectivity index (χ4n) is 1.94. The van der Waals surface area contributed by atoms with Gasteiger partial charge in [-0.25, -0.2) is 0 Å². The number of nitrogens with one attached hydrogen (secondary N) is 1. The Morgan fingerprint density at radius 2 is 2.43 bits per heavy atom. The number of rotatable bonds is 2. The molecule has 0 fully saturated rings. The van der Waals surface area contributed by atoms with Gasteiger partial charge >= 0.3 is 0 Å². The molecule has 4 heteroatoms. The van der Waals surface area contributed by atoms with E-state index in [2.05, 4.69) is 12.2 Å². The van der Waals surface area contributed by atoms with E-state index in [0.29, 0.717) is 11.6 Å². The number of nitro groups is 1. The molecule has 0 unspecified atom stereocenters. The molecule has 74 valence electrons. The summed E-state index contributed by atoms with van der Waals surface area (Å²) < 4.78 is 0. The lowest BCUT2D eigenvalue weighted by Crippen LogP contribution is -1.99. The van der Waals surface area contributed by atoms with Crippen LogP contribution < -0.4 is 5.32 Å². The van der Waals surface area contributed by atoms with Crippen molar-refractivity contribution in [3.05, 3.63) is 33.9 Å². The molecule has 1 heterocycles. The van der Waals surface area contributed by atoms with Crippen molar-refractivity contribution < 1.29 is 4.92 Å². The zero-order valence-corrected chi connectivity index (χ0v) is 7.99. The average Bonchev–Trinajstić information content (AvgIpc) is 2.59. The Kier molecular flexibility index (Phi) is 2.11. The lowest BCUT2D eigenvalue weighted by atomic mass is 9.98. The van der Waals surface area contributed by atoms with Gasteiger partial charge in [-0.2, -0.15) is 0 Å². The van der Waals surface area contributed by atoms with Crippen LogP contribution in [0, 0.1) is 10.1 Å². The normalized spacial score (nSPS) is 18.8. The Labute approximate surface area is 82.1 Å². The van der Waals surface area contributed by atoms with E-state index < -0.39 is 0 Å². The van der Waals surface area contributed by atoms with E-state index in [1.165, 1.54) is 0 Å². The number of fused-ring (bicyclic) bond motifs is 1. The molecule has 0 aromatic heterocycles. The third-order valence-corrected chi connectivity index (χ3v) is 2.73. The van der Waals surface area contributed by atoms with Gasteiger partial charge in [0.2, 0.25) is 0 Å². The third-order valence-electron chi connectivity index (χ3n) is 2.73. The second-order valence-corrected chi connectivity index (χ2v) is 3.48. The lowest BCUT2D eigenvalue weighted by Gasteiger charge is -2.04. The van der Waals surface area contributed by atoms with E-state index >= 15 is 0 Å². The van der Waals surface area contributed by atoms with Crippen LogP contribution in [0.3, 0.4) is 0 Å². The van der Waals surface area contributed by atoms with Crippen molar-refractivity contribution in [3.63, 3.8) is 0 Å². The molecule has 0 bridgehead atoms. The fraction of sp³-hybridized carbons (Fsp3) is 0.400. The molecule has 0 saturated heterocycles. The Bertz CT molecular complexity index is 376. The first-order chi connectivity index (χ1) is 6.74. The molecule has 1 aromatic carbocycles. The highest BCUT2D eigenvalue weighted by molar-refractivity contribution is 5.70. The summed E-state index contributed by atoms with van der Waals surface area (Å²) in [6.45, 7) is 2.91. The summed E-state index contributed by atoms with van der Waals surface area (Å²) in [5, 5.41) is 13.8. The Balaban J connectivity index is 2.49. The van der Waals surface area contributed by atoms with Crippen LogP contribution >= 0.6 is 0 Å². The van der Waals surface area contributed by atoms with Gasteiger partial charge in [0.15, 0.2) is 0 Å². The van der Waals surface area contributed by atoms with Gasteiger partial charge in [0.25, 0.3) is 5.69 Å². The molecule has 14 heavy (non-hydrogen) atoms. The first-order valence-electron chi connectivity index (χ1n) is 4.75. The Morgan fingerprint density at radius 3 is 3.07 bits per heavy atom. The van der Waals surface area contributed by atoms with Gasteiger partial charge in [-0.15, -0.1) is 0 Å². The molecule has 1 aliphatic heterocycles. The summed E-state index contributed by atoms with van der Waals surface area (Å²) in [6, 6.07) is 5.27. The van der Waals surface area contributed by atoms with Crippen LogP contribution in [0.5, 0.6) is 0 Å². The van der Waals surface area contributed by atoms with Crippen LogP contribution in [0.1, 0.15) is 24.8 Å². The summed E-state index contributed by atoms with van der Waals surface area (Å²) in [5.41, 5.74) is 1.99. The van der Waals surface area contributed by atoms with Crippen molar-refractivity contribution in [1.82, 2.24) is 0 Å². The molecule has 0 saturated carbocycles. The predicted molar refractivity (Wildman–Crippen MR) is 54.6 cm³/mol. The summed E-state index contributed by atoms with van der Waals surface area (Å²) in [5.74, 6) is 0.421. The maximum atomic E-state index is 10.7. The lowest BCUT2D eigenvalue weighted by molar-refractivity contribution is -0.383. The van der Waals surface area contributed by atoms with Crippen molar-refractivity contribution >= 4 is 11.4 Å². The second-order valence-electron chi connectivity index (χ2n) is 3.48. The molecule has 0 spiro atoms. The van der Waals surface area contributed by atoms with Gasteiger partial charge in [0, 0.05) is 18.5 Å². The van der Waals surface area contributed by atoms with Crippen molar-refractivity contribution in [2.24, 2.45) is 0 Å². The molecule has 1 atom stereocenters. The third kappa shape index (κ3) is 1.23. The van der Waals surface area contributed by atoms with Crippen molar-refractivity contribution in [1.29, 1.82) is 0 Å². The molecule has 2 rings (SSSR count). The Morgan fingerprint density at radius 1 is 1.64 bits per heavy atom. The van der Waals surface area contributed by atoms with Gasteiger partial charge in [-0.3, -0.25) is 10.1 Å². The number of anilines is 1. The molecule has 1 N–H and O–H groups in total. The van der Waals surface area contributed by atoms with Gasteiger partial charge in [-0.05, 0) is 12.0 Å². The van der Waals surface area contributed by atoms with E-state index in [9.17, 15) is 10.1 Å². The van der Waals surface area contributed by atoms with Crippen LogP contribution in [-0.4, -0.2) is 11.5 Å². The standard InChI is InChI=1S/C10H12N2O2/c1-2-7-6-11-10-8(7)4-3-5-9(10)12(13)14/h3-5,7,11H,2,6H2,1H3/t7-/m0/s1. The number of para-hydroxylation sites is 1. The predicted octanol–water partition coefficient (Wildman–Crippen LogP) is 2.51. The molecular formula is C10H12N2O2. The van der Waals surface area contributed by atoms with Gasteiger partial charge in [-0.1, -0.05) is 19.1 Å². The van der Waals surface area contributed by atoms with Crippen LogP contribution in [0.15, 0.2) is 18.2 Å². The molecule has 1 aromatic rings. The number of nitro benzene ring substituents is 1. The minimum Gasteiger partial charge on any atom is -0.379 e. The second kappa shape index (κ2) is 3.29.